The van der Waals surface area contributed by atoms with Crippen molar-refractivity contribution in [1.29, 1.82) is 0 Å². The molecule has 2 N–H and O–H groups in total. The van der Waals surface area contributed by atoms with Gasteiger partial charge < -0.3 is 5.32 Å². The van der Waals surface area contributed by atoms with Gasteiger partial charge in [0.05, 0.1) is 11.9 Å². The Labute approximate surface area is 129 Å². The molecular formula is C14H19N3O2S2. The molecule has 0 spiro atoms. The van der Waals surface area contributed by atoms with Gasteiger partial charge in [0.25, 0.3) is 10.0 Å². The molecule has 0 saturated carbocycles. The van der Waals surface area contributed by atoms with Crippen molar-refractivity contribution in [3.8, 4) is 0 Å². The number of hydrogen-bond acceptors (Lipinski definition) is 5. The Balaban J connectivity index is 2.21. The summed E-state index contributed by atoms with van der Waals surface area (Å²) in [5.74, 6) is 0. The number of pyridine rings is 1. The van der Waals surface area contributed by atoms with Crippen molar-refractivity contribution in [2.75, 3.05) is 11.3 Å². The molecule has 2 aromatic heterocycles. The first-order valence-corrected chi connectivity index (χ1v) is 8.98. The van der Waals surface area contributed by atoms with E-state index in [0.717, 1.165) is 22.7 Å². The molecule has 0 aromatic carbocycles. The maximum absolute atomic E-state index is 12.4. The molecule has 0 atom stereocenters. The Morgan fingerprint density at radius 1 is 1.29 bits per heavy atom. The van der Waals surface area contributed by atoms with E-state index < -0.39 is 10.0 Å². The fourth-order valence-corrected chi connectivity index (χ4v) is 4.37. The largest absolute Gasteiger partial charge is 0.312 e. The third-order valence-corrected chi connectivity index (χ3v) is 6.05. The second-order valence-electron chi connectivity index (χ2n) is 4.75. The molecule has 21 heavy (non-hydrogen) atoms. The molecule has 0 aliphatic rings. The summed E-state index contributed by atoms with van der Waals surface area (Å²) in [7, 11) is -3.55. The topological polar surface area (TPSA) is 71.1 Å². The highest BCUT2D eigenvalue weighted by Crippen LogP contribution is 2.27. The van der Waals surface area contributed by atoms with Gasteiger partial charge >= 0.3 is 0 Å². The molecule has 0 amide bonds. The smallest absolute Gasteiger partial charge is 0.271 e. The molecule has 2 aromatic rings. The van der Waals surface area contributed by atoms with E-state index in [9.17, 15) is 8.42 Å². The van der Waals surface area contributed by atoms with Crippen molar-refractivity contribution in [2.45, 2.75) is 31.5 Å². The van der Waals surface area contributed by atoms with Gasteiger partial charge in [0.1, 0.15) is 4.21 Å². The summed E-state index contributed by atoms with van der Waals surface area (Å²) in [6.07, 6.45) is 1.52. The van der Waals surface area contributed by atoms with Crippen LogP contribution in [0.3, 0.4) is 0 Å². The second kappa shape index (κ2) is 6.55. The molecule has 2 rings (SSSR count). The van der Waals surface area contributed by atoms with Crippen molar-refractivity contribution in [1.82, 2.24) is 10.3 Å². The zero-order chi connectivity index (χ0) is 15.5. The summed E-state index contributed by atoms with van der Waals surface area (Å²) in [5.41, 5.74) is 2.31. The number of nitrogens with one attached hydrogen (secondary N) is 2. The van der Waals surface area contributed by atoms with E-state index in [1.54, 1.807) is 18.2 Å². The number of sulfonamides is 1. The molecule has 0 saturated heterocycles. The lowest BCUT2D eigenvalue weighted by Crippen LogP contribution is -2.12. The summed E-state index contributed by atoms with van der Waals surface area (Å²) in [6, 6.07) is 5.19. The first-order valence-electron chi connectivity index (χ1n) is 6.68. The fraction of sp³-hybridized carbons (Fsp3) is 0.357. The summed E-state index contributed by atoms with van der Waals surface area (Å²) >= 11 is 1.30. The third kappa shape index (κ3) is 4.03. The van der Waals surface area contributed by atoms with E-state index in [-0.39, 0.29) is 0 Å². The molecule has 0 radical (unpaired) electrons. The lowest BCUT2D eigenvalue weighted by molar-refractivity contribution is 0.603. The monoisotopic (exact) mass is 325 g/mol. The van der Waals surface area contributed by atoms with Gasteiger partial charge in [0, 0.05) is 17.1 Å². The van der Waals surface area contributed by atoms with Gasteiger partial charge in [-0.3, -0.25) is 9.71 Å². The van der Waals surface area contributed by atoms with Crippen LogP contribution in [0.5, 0.6) is 0 Å². The fourth-order valence-electron chi connectivity index (χ4n) is 1.77. The maximum atomic E-state index is 12.4. The molecule has 5 nitrogen and oxygen atoms in total. The Morgan fingerprint density at radius 3 is 2.67 bits per heavy atom. The SMILES string of the molecule is CCNCc1sc(S(=O)(=O)Nc2ccc(C)nc2)cc1C. The van der Waals surface area contributed by atoms with Gasteiger partial charge in [-0.25, -0.2) is 8.42 Å². The van der Waals surface area contributed by atoms with Crippen LogP contribution in [0.4, 0.5) is 5.69 Å². The van der Waals surface area contributed by atoms with Gasteiger partial charge in [-0.2, -0.15) is 0 Å². The Hall–Kier alpha value is -1.44. The van der Waals surface area contributed by atoms with Crippen LogP contribution in [0.2, 0.25) is 0 Å². The number of anilines is 1. The molecule has 114 valence electrons. The lowest BCUT2D eigenvalue weighted by Gasteiger charge is -2.05. The quantitative estimate of drug-likeness (QED) is 0.856. The number of aromatic nitrogens is 1. The summed E-state index contributed by atoms with van der Waals surface area (Å²) in [4.78, 5) is 5.13. The van der Waals surface area contributed by atoms with Crippen molar-refractivity contribution < 1.29 is 8.42 Å². The van der Waals surface area contributed by atoms with Crippen molar-refractivity contribution in [3.05, 3.63) is 40.5 Å². The van der Waals surface area contributed by atoms with Crippen molar-refractivity contribution in [2.24, 2.45) is 0 Å². The van der Waals surface area contributed by atoms with E-state index in [1.807, 2.05) is 20.8 Å². The molecule has 2 heterocycles. The number of nitrogens with zero attached hydrogens (tertiary/aromatic N) is 1. The zero-order valence-electron chi connectivity index (χ0n) is 12.3. The number of rotatable bonds is 6. The van der Waals surface area contributed by atoms with Crippen molar-refractivity contribution >= 4 is 27.0 Å². The minimum absolute atomic E-state index is 0.327. The van der Waals surface area contributed by atoms with E-state index in [0.29, 0.717) is 16.4 Å². The summed E-state index contributed by atoms with van der Waals surface area (Å²) in [6.45, 7) is 7.34. The lowest BCUT2D eigenvalue weighted by atomic mass is 10.3. The predicted octanol–water partition coefficient (Wildman–Crippen LogP) is 2.67. The number of aryl methyl sites for hydroxylation is 2. The Kier molecular flexibility index (Phi) is 4.97. The highest BCUT2D eigenvalue weighted by Gasteiger charge is 2.19. The van der Waals surface area contributed by atoms with Gasteiger partial charge in [0.15, 0.2) is 0 Å². The molecule has 0 unspecified atom stereocenters. The first-order chi connectivity index (χ1) is 9.92. The molecule has 0 aliphatic heterocycles. The number of hydrogen-bond donors (Lipinski definition) is 2. The van der Waals surface area contributed by atoms with Gasteiger partial charge in [-0.1, -0.05) is 6.92 Å². The van der Waals surface area contributed by atoms with E-state index in [4.69, 9.17) is 0 Å². The van der Waals surface area contributed by atoms with Crippen LogP contribution >= 0.6 is 11.3 Å². The van der Waals surface area contributed by atoms with Crippen LogP contribution in [0.25, 0.3) is 0 Å². The van der Waals surface area contributed by atoms with Crippen LogP contribution in [0.15, 0.2) is 28.6 Å². The van der Waals surface area contributed by atoms with E-state index in [2.05, 4.69) is 15.0 Å². The van der Waals surface area contributed by atoms with Gasteiger partial charge in [-0.05, 0) is 44.2 Å². The zero-order valence-corrected chi connectivity index (χ0v) is 13.9. The Bertz CT molecular complexity index is 706. The first kappa shape index (κ1) is 15.9. The summed E-state index contributed by atoms with van der Waals surface area (Å²) < 4.78 is 27.6. The van der Waals surface area contributed by atoms with Crippen molar-refractivity contribution in [3.63, 3.8) is 0 Å². The van der Waals surface area contributed by atoms with E-state index in [1.165, 1.54) is 17.5 Å². The average Bonchev–Trinajstić information content (AvgIpc) is 2.81. The van der Waals surface area contributed by atoms with Crippen LogP contribution in [-0.4, -0.2) is 19.9 Å². The molecule has 0 aliphatic carbocycles. The standard InChI is InChI=1S/C14H19N3O2S2/c1-4-15-9-13-10(2)7-14(20-13)21(18,19)17-12-6-5-11(3)16-8-12/h5-8,15,17H,4,9H2,1-3H3. The minimum Gasteiger partial charge on any atom is -0.312 e. The highest BCUT2D eigenvalue weighted by atomic mass is 32.2. The molecule has 0 fully saturated rings. The average molecular weight is 325 g/mol. The second-order valence-corrected chi connectivity index (χ2v) is 7.79. The maximum Gasteiger partial charge on any atom is 0.271 e. The molecule has 0 bridgehead atoms. The van der Waals surface area contributed by atoms with Crippen LogP contribution in [-0.2, 0) is 16.6 Å². The highest BCUT2D eigenvalue weighted by molar-refractivity contribution is 7.94. The molecule has 7 heteroatoms. The third-order valence-electron chi connectivity index (χ3n) is 2.96. The van der Waals surface area contributed by atoms with E-state index >= 15 is 0 Å². The minimum atomic E-state index is -3.55. The normalized spacial score (nSPS) is 11.6. The Morgan fingerprint density at radius 2 is 2.05 bits per heavy atom. The molecular weight excluding hydrogens is 306 g/mol. The summed E-state index contributed by atoms with van der Waals surface area (Å²) in [5, 5.41) is 3.21. The van der Waals surface area contributed by atoms with Crippen LogP contribution < -0.4 is 10.0 Å². The van der Waals surface area contributed by atoms with Crippen LogP contribution in [0.1, 0.15) is 23.1 Å². The van der Waals surface area contributed by atoms with Crippen LogP contribution in [0, 0.1) is 13.8 Å². The predicted molar refractivity (Wildman–Crippen MR) is 86.2 cm³/mol. The van der Waals surface area contributed by atoms with Gasteiger partial charge in [-0.15, -0.1) is 11.3 Å². The van der Waals surface area contributed by atoms with Gasteiger partial charge in [0.2, 0.25) is 0 Å². The number of thiophene rings is 1.